The van der Waals surface area contributed by atoms with Crippen LogP contribution in [0.25, 0.3) is 0 Å². The molecular formula is C18H29N3O2. The molecule has 23 heavy (non-hydrogen) atoms. The van der Waals surface area contributed by atoms with Crippen molar-refractivity contribution in [1.29, 1.82) is 0 Å². The molecule has 0 atom stereocenters. The molecule has 1 aromatic rings. The number of amides is 2. The number of benzene rings is 1. The Kier molecular flexibility index (Phi) is 7.36. The molecule has 0 unspecified atom stereocenters. The SMILES string of the molecule is CC1CCN(Cc2cccc(CNC(=O)NCCCO)c2)CC1. The van der Waals surface area contributed by atoms with Gasteiger partial charge in [0, 0.05) is 26.2 Å². The van der Waals surface area contributed by atoms with Crippen LogP contribution in [-0.2, 0) is 13.1 Å². The first-order chi connectivity index (χ1) is 11.2. The second kappa shape index (κ2) is 9.53. The maximum atomic E-state index is 11.6. The van der Waals surface area contributed by atoms with E-state index in [1.165, 1.54) is 31.5 Å². The van der Waals surface area contributed by atoms with Crippen LogP contribution < -0.4 is 10.6 Å². The number of nitrogens with one attached hydrogen (secondary N) is 2. The van der Waals surface area contributed by atoms with E-state index in [0.717, 1.165) is 18.0 Å². The fourth-order valence-electron chi connectivity index (χ4n) is 2.84. The number of aliphatic hydroxyl groups excluding tert-OH is 1. The number of piperidine rings is 1. The van der Waals surface area contributed by atoms with Crippen molar-refractivity contribution < 1.29 is 9.90 Å². The topological polar surface area (TPSA) is 64.6 Å². The van der Waals surface area contributed by atoms with Crippen molar-refractivity contribution in [3.8, 4) is 0 Å². The fourth-order valence-corrected chi connectivity index (χ4v) is 2.84. The van der Waals surface area contributed by atoms with Crippen molar-refractivity contribution in [2.24, 2.45) is 5.92 Å². The fraction of sp³-hybridized carbons (Fsp3) is 0.611. The third-order valence-corrected chi connectivity index (χ3v) is 4.35. The van der Waals surface area contributed by atoms with Gasteiger partial charge in [0.25, 0.3) is 0 Å². The lowest BCUT2D eigenvalue weighted by atomic mass is 9.98. The Labute approximate surface area is 139 Å². The highest BCUT2D eigenvalue weighted by molar-refractivity contribution is 5.73. The van der Waals surface area contributed by atoms with Crippen LogP contribution in [0.2, 0.25) is 0 Å². The molecule has 2 amide bonds. The minimum Gasteiger partial charge on any atom is -0.396 e. The molecule has 128 valence electrons. The summed E-state index contributed by atoms with van der Waals surface area (Å²) in [6.07, 6.45) is 3.15. The van der Waals surface area contributed by atoms with Crippen LogP contribution in [0.15, 0.2) is 24.3 Å². The van der Waals surface area contributed by atoms with E-state index >= 15 is 0 Å². The molecule has 0 aromatic heterocycles. The third kappa shape index (κ3) is 6.59. The highest BCUT2D eigenvalue weighted by Gasteiger charge is 2.15. The lowest BCUT2D eigenvalue weighted by molar-refractivity contribution is 0.185. The number of carbonyl (C=O) groups is 1. The lowest BCUT2D eigenvalue weighted by Crippen LogP contribution is -2.35. The monoisotopic (exact) mass is 319 g/mol. The van der Waals surface area contributed by atoms with Crippen molar-refractivity contribution in [2.75, 3.05) is 26.2 Å². The highest BCUT2D eigenvalue weighted by Crippen LogP contribution is 2.18. The zero-order valence-electron chi connectivity index (χ0n) is 14.1. The molecule has 0 radical (unpaired) electrons. The first-order valence-electron chi connectivity index (χ1n) is 8.60. The summed E-state index contributed by atoms with van der Waals surface area (Å²) in [6, 6.07) is 8.24. The van der Waals surface area contributed by atoms with Gasteiger partial charge in [0.05, 0.1) is 0 Å². The standard InChI is InChI=1S/C18H29N3O2/c1-15-6-9-21(10-7-15)14-17-5-2-4-16(12-17)13-20-18(23)19-8-3-11-22/h2,4-5,12,15,22H,3,6-11,13-14H2,1H3,(H2,19,20,23). The van der Waals surface area contributed by atoms with Gasteiger partial charge in [0.2, 0.25) is 0 Å². The van der Waals surface area contributed by atoms with Crippen LogP contribution in [0.1, 0.15) is 37.3 Å². The molecule has 1 aromatic carbocycles. The van der Waals surface area contributed by atoms with Gasteiger partial charge in [-0.15, -0.1) is 0 Å². The van der Waals surface area contributed by atoms with E-state index in [2.05, 4.69) is 40.7 Å². The van der Waals surface area contributed by atoms with Crippen LogP contribution in [0.3, 0.4) is 0 Å². The van der Waals surface area contributed by atoms with Crippen LogP contribution in [0.4, 0.5) is 4.79 Å². The van der Waals surface area contributed by atoms with Gasteiger partial charge in [-0.25, -0.2) is 4.79 Å². The molecule has 5 heteroatoms. The molecule has 0 bridgehead atoms. The number of carbonyl (C=O) groups excluding carboxylic acids is 1. The molecular weight excluding hydrogens is 290 g/mol. The zero-order valence-corrected chi connectivity index (χ0v) is 14.1. The molecule has 1 aliphatic rings. The van der Waals surface area contributed by atoms with Crippen molar-refractivity contribution in [2.45, 2.75) is 39.3 Å². The quantitative estimate of drug-likeness (QED) is 0.674. The summed E-state index contributed by atoms with van der Waals surface area (Å²) in [5.41, 5.74) is 2.42. The Morgan fingerprint density at radius 3 is 2.74 bits per heavy atom. The van der Waals surface area contributed by atoms with E-state index in [9.17, 15) is 4.79 Å². The largest absolute Gasteiger partial charge is 0.396 e. The summed E-state index contributed by atoms with van der Waals surface area (Å²) >= 11 is 0. The number of hydrogen-bond acceptors (Lipinski definition) is 3. The number of urea groups is 1. The predicted molar refractivity (Wildman–Crippen MR) is 92.1 cm³/mol. The van der Waals surface area contributed by atoms with Gasteiger partial charge in [-0.3, -0.25) is 4.90 Å². The van der Waals surface area contributed by atoms with Gasteiger partial charge >= 0.3 is 6.03 Å². The number of likely N-dealkylation sites (tertiary alicyclic amines) is 1. The summed E-state index contributed by atoms with van der Waals surface area (Å²) in [5.74, 6) is 0.853. The molecule has 2 rings (SSSR count). The average molecular weight is 319 g/mol. The van der Waals surface area contributed by atoms with Gasteiger partial charge in [0.1, 0.15) is 0 Å². The van der Waals surface area contributed by atoms with E-state index in [0.29, 0.717) is 19.5 Å². The number of aliphatic hydroxyl groups is 1. The van der Waals surface area contributed by atoms with Gasteiger partial charge < -0.3 is 15.7 Å². The van der Waals surface area contributed by atoms with E-state index in [-0.39, 0.29) is 12.6 Å². The lowest BCUT2D eigenvalue weighted by Gasteiger charge is -2.30. The Morgan fingerprint density at radius 1 is 1.26 bits per heavy atom. The Morgan fingerprint density at radius 2 is 2.00 bits per heavy atom. The summed E-state index contributed by atoms with van der Waals surface area (Å²) in [4.78, 5) is 14.1. The van der Waals surface area contributed by atoms with E-state index in [1.807, 2.05) is 6.07 Å². The Balaban J connectivity index is 1.77. The van der Waals surface area contributed by atoms with Crippen molar-refractivity contribution in [1.82, 2.24) is 15.5 Å². The number of rotatable bonds is 7. The van der Waals surface area contributed by atoms with Gasteiger partial charge in [-0.2, -0.15) is 0 Å². The smallest absolute Gasteiger partial charge is 0.315 e. The van der Waals surface area contributed by atoms with Gasteiger partial charge in [-0.1, -0.05) is 31.2 Å². The maximum Gasteiger partial charge on any atom is 0.315 e. The summed E-state index contributed by atoms with van der Waals surface area (Å²) < 4.78 is 0. The minimum absolute atomic E-state index is 0.0948. The molecule has 0 saturated carbocycles. The van der Waals surface area contributed by atoms with Crippen molar-refractivity contribution >= 4 is 6.03 Å². The van der Waals surface area contributed by atoms with Crippen LogP contribution >= 0.6 is 0 Å². The second-order valence-corrected chi connectivity index (χ2v) is 6.47. The molecule has 1 aliphatic heterocycles. The number of nitrogens with zero attached hydrogens (tertiary/aromatic N) is 1. The maximum absolute atomic E-state index is 11.6. The third-order valence-electron chi connectivity index (χ3n) is 4.35. The Bertz CT molecular complexity index is 485. The van der Waals surface area contributed by atoms with Crippen LogP contribution in [-0.4, -0.2) is 42.3 Å². The highest BCUT2D eigenvalue weighted by atomic mass is 16.3. The van der Waals surface area contributed by atoms with Crippen LogP contribution in [0, 0.1) is 5.92 Å². The van der Waals surface area contributed by atoms with Gasteiger partial charge in [0.15, 0.2) is 0 Å². The number of hydrogen-bond donors (Lipinski definition) is 3. The zero-order chi connectivity index (χ0) is 16.5. The summed E-state index contributed by atoms with van der Waals surface area (Å²) in [5, 5.41) is 14.3. The van der Waals surface area contributed by atoms with E-state index in [1.54, 1.807) is 0 Å². The van der Waals surface area contributed by atoms with Crippen molar-refractivity contribution in [3.63, 3.8) is 0 Å². The predicted octanol–water partition coefficient (Wildman–Crippen LogP) is 2.10. The van der Waals surface area contributed by atoms with Crippen LogP contribution in [0.5, 0.6) is 0 Å². The second-order valence-electron chi connectivity index (χ2n) is 6.47. The molecule has 1 heterocycles. The summed E-state index contributed by atoms with van der Waals surface area (Å²) in [6.45, 7) is 6.79. The Hall–Kier alpha value is -1.59. The molecule has 1 fully saturated rings. The molecule has 0 aliphatic carbocycles. The van der Waals surface area contributed by atoms with Crippen molar-refractivity contribution in [3.05, 3.63) is 35.4 Å². The molecule has 3 N–H and O–H groups in total. The first kappa shape index (κ1) is 17.8. The summed E-state index contributed by atoms with van der Waals surface area (Å²) in [7, 11) is 0. The van der Waals surface area contributed by atoms with E-state index < -0.39 is 0 Å². The minimum atomic E-state index is -0.186. The molecule has 5 nitrogen and oxygen atoms in total. The normalized spacial score (nSPS) is 16.3. The van der Waals surface area contributed by atoms with E-state index in [4.69, 9.17) is 5.11 Å². The van der Waals surface area contributed by atoms with Gasteiger partial charge in [-0.05, 0) is 49.4 Å². The molecule has 1 saturated heterocycles. The molecule has 0 spiro atoms. The average Bonchev–Trinajstić information content (AvgIpc) is 2.56. The first-order valence-corrected chi connectivity index (χ1v) is 8.60.